The van der Waals surface area contributed by atoms with E-state index in [0.717, 1.165) is 60.7 Å². The molecule has 7 aromatic rings. The minimum atomic E-state index is -0.250. The van der Waals surface area contributed by atoms with Gasteiger partial charge < -0.3 is 8.98 Å². The van der Waals surface area contributed by atoms with Gasteiger partial charge in [-0.05, 0) is 36.8 Å². The number of aromatic nitrogens is 2. The Balaban J connectivity index is 1.64. The highest BCUT2D eigenvalue weighted by atomic mass is 19.1. The molecule has 3 nitrogen and oxygen atoms in total. The van der Waals surface area contributed by atoms with Crippen LogP contribution < -0.4 is 4.57 Å². The predicted molar refractivity (Wildman–Crippen MR) is 139 cm³/mol. The van der Waals surface area contributed by atoms with Crippen LogP contribution in [0.3, 0.4) is 0 Å². The average Bonchev–Trinajstić information content (AvgIpc) is 3.42. The first-order valence-electron chi connectivity index (χ1n) is 11.7. The third-order valence-corrected chi connectivity index (χ3v) is 7.05. The van der Waals surface area contributed by atoms with E-state index in [2.05, 4.69) is 35.8 Å². The van der Waals surface area contributed by atoms with Gasteiger partial charge in [0.15, 0.2) is 11.8 Å². The Hall–Kier alpha value is -4.44. The van der Waals surface area contributed by atoms with E-state index in [1.807, 2.05) is 72.4 Å². The van der Waals surface area contributed by atoms with E-state index >= 15 is 4.39 Å². The summed E-state index contributed by atoms with van der Waals surface area (Å²) in [5.74, 6) is -0.250. The van der Waals surface area contributed by atoms with Crippen molar-refractivity contribution in [2.45, 2.75) is 6.92 Å². The van der Waals surface area contributed by atoms with E-state index in [9.17, 15) is 0 Å². The first-order valence-corrected chi connectivity index (χ1v) is 11.7. The zero-order chi connectivity index (χ0) is 23.7. The largest absolute Gasteiger partial charge is 0.453 e. The molecule has 0 unspecified atom stereocenters. The summed E-state index contributed by atoms with van der Waals surface area (Å²) < 4.78 is 26.1. The maximum Gasteiger partial charge on any atom is 0.216 e. The Morgan fingerprint density at radius 2 is 1.46 bits per heavy atom. The second kappa shape index (κ2) is 7.28. The molecule has 0 amide bonds. The van der Waals surface area contributed by atoms with Crippen molar-refractivity contribution in [1.82, 2.24) is 4.57 Å². The lowest BCUT2D eigenvalue weighted by molar-refractivity contribution is -0.660. The van der Waals surface area contributed by atoms with Crippen molar-refractivity contribution >= 4 is 43.7 Å². The molecular weight excluding hydrogens is 435 g/mol. The van der Waals surface area contributed by atoms with Crippen LogP contribution in [0.2, 0.25) is 0 Å². The van der Waals surface area contributed by atoms with Gasteiger partial charge in [-0.3, -0.25) is 0 Å². The lowest BCUT2D eigenvalue weighted by Gasteiger charge is -2.09. The van der Waals surface area contributed by atoms with Gasteiger partial charge in [0.25, 0.3) is 0 Å². The first-order chi connectivity index (χ1) is 17.1. The van der Waals surface area contributed by atoms with Crippen molar-refractivity contribution in [3.63, 3.8) is 0 Å². The number of fused-ring (bicyclic) bond motifs is 6. The van der Waals surface area contributed by atoms with Crippen LogP contribution in [0.1, 0.15) is 5.56 Å². The van der Waals surface area contributed by atoms with Crippen molar-refractivity contribution in [2.24, 2.45) is 7.05 Å². The topological polar surface area (TPSA) is 21.9 Å². The summed E-state index contributed by atoms with van der Waals surface area (Å²) in [5.41, 5.74) is 7.23. The highest BCUT2D eigenvalue weighted by Gasteiger charge is 2.23. The fraction of sp³-hybridized carbons (Fsp3) is 0.0645. The first kappa shape index (κ1) is 20.0. The summed E-state index contributed by atoms with van der Waals surface area (Å²) in [7, 11) is 2.04. The molecule has 4 aromatic carbocycles. The van der Waals surface area contributed by atoms with Crippen molar-refractivity contribution in [3.8, 4) is 16.9 Å². The summed E-state index contributed by atoms with van der Waals surface area (Å²) in [6, 6.07) is 29.9. The van der Waals surface area contributed by atoms with E-state index in [0.29, 0.717) is 5.52 Å². The van der Waals surface area contributed by atoms with Crippen LogP contribution in [0.4, 0.5) is 4.39 Å². The summed E-state index contributed by atoms with van der Waals surface area (Å²) in [4.78, 5) is 0. The smallest absolute Gasteiger partial charge is 0.216 e. The zero-order valence-electron chi connectivity index (χ0n) is 19.4. The molecule has 0 saturated heterocycles. The van der Waals surface area contributed by atoms with Crippen LogP contribution in [-0.2, 0) is 7.05 Å². The predicted octanol–water partition coefficient (Wildman–Crippen LogP) is 7.62. The Morgan fingerprint density at radius 3 is 2.34 bits per heavy atom. The van der Waals surface area contributed by atoms with Crippen molar-refractivity contribution in [3.05, 3.63) is 109 Å². The highest BCUT2D eigenvalue weighted by Crippen LogP contribution is 2.41. The third kappa shape index (κ3) is 2.74. The highest BCUT2D eigenvalue weighted by molar-refractivity contribution is 6.14. The molecule has 0 fully saturated rings. The number of aryl methyl sites for hydroxylation is 2. The van der Waals surface area contributed by atoms with Gasteiger partial charge in [-0.1, -0.05) is 54.6 Å². The molecule has 0 saturated carbocycles. The Morgan fingerprint density at radius 1 is 0.714 bits per heavy atom. The monoisotopic (exact) mass is 457 g/mol. The Kier molecular flexibility index (Phi) is 4.15. The normalized spacial score (nSPS) is 11.9. The minimum Gasteiger partial charge on any atom is -0.453 e. The second-order valence-electron chi connectivity index (χ2n) is 9.08. The van der Waals surface area contributed by atoms with Crippen molar-refractivity contribution in [2.75, 3.05) is 0 Å². The summed E-state index contributed by atoms with van der Waals surface area (Å²) in [6.07, 6.45) is 2.04. The fourth-order valence-electron chi connectivity index (χ4n) is 5.45. The molecule has 168 valence electrons. The molecule has 3 aromatic heterocycles. The molecule has 0 aliphatic rings. The molecule has 0 atom stereocenters. The van der Waals surface area contributed by atoms with Crippen LogP contribution in [-0.4, -0.2) is 4.57 Å². The van der Waals surface area contributed by atoms with Crippen molar-refractivity contribution < 1.29 is 13.4 Å². The average molecular weight is 458 g/mol. The van der Waals surface area contributed by atoms with Gasteiger partial charge in [-0.15, -0.1) is 0 Å². The molecule has 3 heterocycles. The molecule has 0 radical (unpaired) electrons. The summed E-state index contributed by atoms with van der Waals surface area (Å²) in [5, 5.41) is 3.97. The number of para-hydroxylation sites is 3. The van der Waals surface area contributed by atoms with Crippen LogP contribution in [0, 0.1) is 12.7 Å². The number of hydrogen-bond donors (Lipinski definition) is 0. The molecule has 0 bridgehead atoms. The van der Waals surface area contributed by atoms with E-state index < -0.39 is 0 Å². The molecule has 0 spiro atoms. The van der Waals surface area contributed by atoms with Gasteiger partial charge in [-0.25, -0.2) is 8.96 Å². The standard InChI is InChI=1S/C31H22FN2O/c1-19-16-17-23-22-11-8-15-27(30(22)35-31(23)28(19)26-14-5-6-18-33(26)2)34-25-13-4-3-9-20(25)21-10-7-12-24(32)29(21)34/h3-18H,1-2H3/q+1. The lowest BCUT2D eigenvalue weighted by Crippen LogP contribution is -2.30. The number of benzene rings is 4. The third-order valence-electron chi connectivity index (χ3n) is 7.05. The van der Waals surface area contributed by atoms with Gasteiger partial charge >= 0.3 is 0 Å². The minimum absolute atomic E-state index is 0.250. The van der Waals surface area contributed by atoms with Gasteiger partial charge in [0.1, 0.15) is 18.4 Å². The maximum atomic E-state index is 15.3. The SMILES string of the molecule is Cc1ccc2c(oc3c(-n4c5ccccc5c5cccc(F)c54)cccc32)c1-c1cccc[n+]1C. The molecule has 7 rings (SSSR count). The number of rotatable bonds is 2. The van der Waals surface area contributed by atoms with Gasteiger partial charge in [0.2, 0.25) is 5.69 Å². The van der Waals surface area contributed by atoms with Crippen molar-refractivity contribution in [1.29, 1.82) is 0 Å². The molecule has 35 heavy (non-hydrogen) atoms. The van der Waals surface area contributed by atoms with E-state index in [1.54, 1.807) is 6.07 Å². The quantitative estimate of drug-likeness (QED) is 0.245. The molecular formula is C31H22FN2O+. The van der Waals surface area contributed by atoms with Crippen LogP contribution in [0.15, 0.2) is 102 Å². The summed E-state index contributed by atoms with van der Waals surface area (Å²) >= 11 is 0. The fourth-order valence-corrected chi connectivity index (χ4v) is 5.45. The van der Waals surface area contributed by atoms with Crippen LogP contribution >= 0.6 is 0 Å². The van der Waals surface area contributed by atoms with E-state index in [-0.39, 0.29) is 5.82 Å². The maximum absolute atomic E-state index is 15.3. The number of hydrogen-bond acceptors (Lipinski definition) is 1. The Labute approximate surface area is 201 Å². The zero-order valence-corrected chi connectivity index (χ0v) is 19.4. The number of pyridine rings is 1. The van der Waals surface area contributed by atoms with Gasteiger partial charge in [-0.2, -0.15) is 0 Å². The molecule has 0 aliphatic carbocycles. The molecule has 0 N–H and O–H groups in total. The van der Waals surface area contributed by atoms with Gasteiger partial charge in [0.05, 0.1) is 22.3 Å². The number of nitrogens with zero attached hydrogens (tertiary/aromatic N) is 2. The van der Waals surface area contributed by atoms with Crippen LogP contribution in [0.5, 0.6) is 0 Å². The molecule has 0 aliphatic heterocycles. The number of furan rings is 1. The van der Waals surface area contributed by atoms with E-state index in [4.69, 9.17) is 4.42 Å². The number of halogens is 1. The van der Waals surface area contributed by atoms with E-state index in [1.165, 1.54) is 6.07 Å². The lowest BCUT2D eigenvalue weighted by atomic mass is 10.0. The second-order valence-corrected chi connectivity index (χ2v) is 9.08. The van der Waals surface area contributed by atoms with Gasteiger partial charge in [0, 0.05) is 33.7 Å². The van der Waals surface area contributed by atoms with Crippen LogP contribution in [0.25, 0.3) is 60.7 Å². The Bertz CT molecular complexity index is 1940. The summed E-state index contributed by atoms with van der Waals surface area (Å²) in [6.45, 7) is 2.11. The molecule has 4 heteroatoms.